The quantitative estimate of drug-likeness (QED) is 0.449. The summed E-state index contributed by atoms with van der Waals surface area (Å²) in [7, 11) is 1.60. The first-order chi connectivity index (χ1) is 17.5. The fourth-order valence-electron chi connectivity index (χ4n) is 4.65. The van der Waals surface area contributed by atoms with Crippen LogP contribution in [0.25, 0.3) is 0 Å². The summed E-state index contributed by atoms with van der Waals surface area (Å²) < 4.78 is 13.5. The normalized spacial score (nSPS) is 14.4. The number of carbonyl (C=O) groups is 2. The number of nitrogens with one attached hydrogen (secondary N) is 2. The van der Waals surface area contributed by atoms with E-state index in [0.717, 1.165) is 42.9 Å². The molecule has 188 valence electrons. The minimum Gasteiger partial charge on any atom is -0.355 e. The number of amides is 2. The van der Waals surface area contributed by atoms with E-state index < -0.39 is 0 Å². The van der Waals surface area contributed by atoms with Gasteiger partial charge >= 0.3 is 0 Å². The maximum absolute atomic E-state index is 13.5. The molecule has 0 spiro atoms. The van der Waals surface area contributed by atoms with E-state index in [9.17, 15) is 14.0 Å². The molecule has 36 heavy (non-hydrogen) atoms. The minimum atomic E-state index is -0.294. The van der Waals surface area contributed by atoms with Gasteiger partial charge in [0.1, 0.15) is 5.82 Å². The second kappa shape index (κ2) is 12.4. The van der Waals surface area contributed by atoms with E-state index in [2.05, 4.69) is 20.5 Å². The number of hydrogen-bond acceptors (Lipinski definition) is 4. The van der Waals surface area contributed by atoms with Crippen molar-refractivity contribution in [2.24, 2.45) is 0 Å². The molecule has 7 heteroatoms. The zero-order chi connectivity index (χ0) is 25.3. The van der Waals surface area contributed by atoms with Crippen LogP contribution in [0.4, 0.5) is 4.39 Å². The molecule has 1 unspecified atom stereocenters. The standard InChI is InChI=1S/C29H33FN4O2/c1-31-28(35)23-6-4-21(5-7-23)27(22-8-11-25(30)12-9-22)14-16-32-29(36)24-10-13-26(33-20-24)15-19-34-17-2-3-18-34/h4-13,20,27H,2-3,14-19H2,1H3,(H,31,35)(H,32,36). The van der Waals surface area contributed by atoms with Crippen LogP contribution in [0.2, 0.25) is 0 Å². The molecule has 0 radical (unpaired) electrons. The van der Waals surface area contributed by atoms with Crippen molar-refractivity contribution in [1.29, 1.82) is 0 Å². The van der Waals surface area contributed by atoms with Gasteiger partial charge in [-0.15, -0.1) is 0 Å². The van der Waals surface area contributed by atoms with Gasteiger partial charge in [0, 0.05) is 49.9 Å². The molecule has 4 rings (SSSR count). The smallest absolute Gasteiger partial charge is 0.252 e. The molecule has 1 atom stereocenters. The monoisotopic (exact) mass is 488 g/mol. The Bertz CT molecular complexity index is 1140. The molecule has 3 aromatic rings. The maximum Gasteiger partial charge on any atom is 0.252 e. The summed E-state index contributed by atoms with van der Waals surface area (Å²) in [6.45, 7) is 3.78. The molecule has 2 N–H and O–H groups in total. The van der Waals surface area contributed by atoms with Crippen LogP contribution >= 0.6 is 0 Å². The molecule has 2 heterocycles. The van der Waals surface area contributed by atoms with Gasteiger partial charge in [-0.25, -0.2) is 4.39 Å². The van der Waals surface area contributed by atoms with Crippen molar-refractivity contribution in [2.45, 2.75) is 31.6 Å². The third-order valence-electron chi connectivity index (χ3n) is 6.76. The van der Waals surface area contributed by atoms with Gasteiger partial charge in [0.15, 0.2) is 0 Å². The predicted octanol–water partition coefficient (Wildman–Crippen LogP) is 4.17. The lowest BCUT2D eigenvalue weighted by Gasteiger charge is -2.19. The van der Waals surface area contributed by atoms with Gasteiger partial charge in [-0.1, -0.05) is 24.3 Å². The van der Waals surface area contributed by atoms with Gasteiger partial charge in [0.2, 0.25) is 0 Å². The molecule has 6 nitrogen and oxygen atoms in total. The summed E-state index contributed by atoms with van der Waals surface area (Å²) in [6.07, 6.45) is 5.70. The summed E-state index contributed by atoms with van der Waals surface area (Å²) in [4.78, 5) is 31.5. The maximum atomic E-state index is 13.5. The summed E-state index contributed by atoms with van der Waals surface area (Å²) in [6, 6.07) is 17.5. The summed E-state index contributed by atoms with van der Waals surface area (Å²) in [5.74, 6) is -0.669. The summed E-state index contributed by atoms with van der Waals surface area (Å²) >= 11 is 0. The van der Waals surface area contributed by atoms with Crippen molar-refractivity contribution in [3.8, 4) is 0 Å². The molecule has 1 fully saturated rings. The average Bonchev–Trinajstić information content (AvgIpc) is 3.44. The minimum absolute atomic E-state index is 0.0595. The van der Waals surface area contributed by atoms with Crippen LogP contribution in [0, 0.1) is 5.82 Å². The second-order valence-electron chi connectivity index (χ2n) is 9.19. The lowest BCUT2D eigenvalue weighted by atomic mass is 9.88. The number of benzene rings is 2. The number of pyridine rings is 1. The molecule has 1 aliphatic rings. The predicted molar refractivity (Wildman–Crippen MR) is 139 cm³/mol. The Morgan fingerprint density at radius 2 is 1.56 bits per heavy atom. The largest absolute Gasteiger partial charge is 0.355 e. The van der Waals surface area contributed by atoms with Crippen LogP contribution < -0.4 is 10.6 Å². The number of aromatic nitrogens is 1. The first kappa shape index (κ1) is 25.5. The van der Waals surface area contributed by atoms with E-state index in [1.54, 1.807) is 37.5 Å². The van der Waals surface area contributed by atoms with Crippen LogP contribution in [0.3, 0.4) is 0 Å². The molecule has 0 aliphatic carbocycles. The van der Waals surface area contributed by atoms with E-state index in [1.165, 1.54) is 25.0 Å². The Balaban J connectivity index is 1.36. The molecule has 1 aromatic heterocycles. The van der Waals surface area contributed by atoms with Gasteiger partial charge < -0.3 is 15.5 Å². The van der Waals surface area contributed by atoms with Crippen molar-refractivity contribution in [3.05, 3.63) is 101 Å². The van der Waals surface area contributed by atoms with E-state index in [1.807, 2.05) is 24.3 Å². The number of hydrogen-bond donors (Lipinski definition) is 2. The molecule has 2 amide bonds. The number of halogens is 1. The molecule has 0 saturated carbocycles. The van der Waals surface area contributed by atoms with Crippen LogP contribution in [-0.2, 0) is 6.42 Å². The van der Waals surface area contributed by atoms with Gasteiger partial charge in [0.25, 0.3) is 11.8 Å². The molecule has 1 aliphatic heterocycles. The number of likely N-dealkylation sites (tertiary alicyclic amines) is 1. The Labute approximate surface area is 211 Å². The number of nitrogens with zero attached hydrogens (tertiary/aromatic N) is 2. The first-order valence-corrected chi connectivity index (χ1v) is 12.6. The zero-order valence-electron chi connectivity index (χ0n) is 20.7. The highest BCUT2D eigenvalue weighted by molar-refractivity contribution is 5.94. The zero-order valence-corrected chi connectivity index (χ0v) is 20.7. The van der Waals surface area contributed by atoms with Gasteiger partial charge in [-0.05, 0) is 79.9 Å². The van der Waals surface area contributed by atoms with Crippen molar-refractivity contribution >= 4 is 11.8 Å². The lowest BCUT2D eigenvalue weighted by Crippen LogP contribution is -2.26. The Kier molecular flexibility index (Phi) is 8.79. The van der Waals surface area contributed by atoms with E-state index >= 15 is 0 Å². The highest BCUT2D eigenvalue weighted by Gasteiger charge is 2.17. The molecule has 2 aromatic carbocycles. The van der Waals surface area contributed by atoms with Crippen molar-refractivity contribution < 1.29 is 14.0 Å². The second-order valence-corrected chi connectivity index (χ2v) is 9.19. The average molecular weight is 489 g/mol. The third kappa shape index (κ3) is 6.76. The topological polar surface area (TPSA) is 74.3 Å². The molecule has 1 saturated heterocycles. The van der Waals surface area contributed by atoms with Crippen LogP contribution in [0.15, 0.2) is 66.9 Å². The van der Waals surface area contributed by atoms with Crippen molar-refractivity contribution in [3.63, 3.8) is 0 Å². The SMILES string of the molecule is CNC(=O)c1ccc(C(CCNC(=O)c2ccc(CCN3CCCC3)nc2)c2ccc(F)cc2)cc1. The fraction of sp³-hybridized carbons (Fsp3) is 0.345. The highest BCUT2D eigenvalue weighted by atomic mass is 19.1. The van der Waals surface area contributed by atoms with Crippen molar-refractivity contribution in [2.75, 3.05) is 33.2 Å². The van der Waals surface area contributed by atoms with Gasteiger partial charge in [0.05, 0.1) is 5.56 Å². The fourth-order valence-corrected chi connectivity index (χ4v) is 4.65. The highest BCUT2D eigenvalue weighted by Crippen LogP contribution is 2.28. The molecular weight excluding hydrogens is 455 g/mol. The molecule has 0 bridgehead atoms. The molecular formula is C29H33FN4O2. The van der Waals surface area contributed by atoms with E-state index in [4.69, 9.17) is 0 Å². The summed E-state index contributed by atoms with van der Waals surface area (Å²) in [5, 5.41) is 5.61. The van der Waals surface area contributed by atoms with Crippen LogP contribution in [-0.4, -0.2) is 54.9 Å². The Hall–Kier alpha value is -3.58. The van der Waals surface area contributed by atoms with Crippen molar-refractivity contribution in [1.82, 2.24) is 20.5 Å². The first-order valence-electron chi connectivity index (χ1n) is 12.6. The number of carbonyl (C=O) groups excluding carboxylic acids is 2. The van der Waals surface area contributed by atoms with Gasteiger partial charge in [-0.2, -0.15) is 0 Å². The Morgan fingerprint density at radius 3 is 2.17 bits per heavy atom. The third-order valence-corrected chi connectivity index (χ3v) is 6.76. The van der Waals surface area contributed by atoms with E-state index in [-0.39, 0.29) is 23.5 Å². The lowest BCUT2D eigenvalue weighted by molar-refractivity contribution is 0.0947. The van der Waals surface area contributed by atoms with Crippen LogP contribution in [0.1, 0.15) is 62.7 Å². The van der Waals surface area contributed by atoms with Gasteiger partial charge in [-0.3, -0.25) is 14.6 Å². The Morgan fingerprint density at radius 1 is 0.917 bits per heavy atom. The number of rotatable bonds is 10. The van der Waals surface area contributed by atoms with E-state index in [0.29, 0.717) is 24.1 Å². The summed E-state index contributed by atoms with van der Waals surface area (Å²) in [5.41, 5.74) is 4.04. The van der Waals surface area contributed by atoms with Crippen LogP contribution in [0.5, 0.6) is 0 Å².